The Balaban J connectivity index is 1.56. The number of aromatic nitrogens is 1. The number of carbonyl (C=O) groups is 2. The summed E-state index contributed by atoms with van der Waals surface area (Å²) in [7, 11) is 0. The summed E-state index contributed by atoms with van der Waals surface area (Å²) in [5.74, 6) is -1.35. The van der Waals surface area contributed by atoms with Gasteiger partial charge in [0.05, 0.1) is 17.7 Å². The zero-order valence-electron chi connectivity index (χ0n) is 15.0. The van der Waals surface area contributed by atoms with Crippen LogP contribution in [0.2, 0.25) is 0 Å². The number of aryl methyl sites for hydroxylation is 1. The van der Waals surface area contributed by atoms with Crippen LogP contribution in [0, 0.1) is 11.7 Å². The van der Waals surface area contributed by atoms with E-state index in [9.17, 15) is 19.1 Å². The molecule has 1 heterocycles. The van der Waals surface area contributed by atoms with Crippen molar-refractivity contribution in [3.05, 3.63) is 42.2 Å². The van der Waals surface area contributed by atoms with Gasteiger partial charge in [-0.15, -0.1) is 0 Å². The molecule has 6 nitrogen and oxygen atoms in total. The van der Waals surface area contributed by atoms with Crippen LogP contribution in [0.3, 0.4) is 0 Å². The number of halogens is 1. The molecule has 144 valence electrons. The highest BCUT2D eigenvalue weighted by atomic mass is 19.1. The smallest absolute Gasteiger partial charge is 0.308 e. The Labute approximate surface area is 156 Å². The molecule has 0 saturated heterocycles. The maximum absolute atomic E-state index is 13.8. The van der Waals surface area contributed by atoms with Gasteiger partial charge < -0.3 is 14.8 Å². The fourth-order valence-electron chi connectivity index (χ4n) is 3.49. The molecule has 3 rings (SSSR count). The highest BCUT2D eigenvalue weighted by Crippen LogP contribution is 2.25. The predicted molar refractivity (Wildman–Crippen MR) is 96.4 cm³/mol. The standard InChI is InChI=1S/C20H23FN2O4/c21-15-8-5-4-6-13(15)17-12-22-19(27-17)11-10-18(24)23-16-9-3-1-2-7-14(16)20(25)26/h4-6,8,12,14,16H,1-3,7,9-11H2,(H,23,24)(H,25,26)/t14-,16+/m1/s1. The van der Waals surface area contributed by atoms with Gasteiger partial charge in [-0.2, -0.15) is 0 Å². The summed E-state index contributed by atoms with van der Waals surface area (Å²) in [5.41, 5.74) is 0.323. The highest BCUT2D eigenvalue weighted by molar-refractivity contribution is 5.78. The highest BCUT2D eigenvalue weighted by Gasteiger charge is 2.30. The van der Waals surface area contributed by atoms with E-state index in [0.717, 1.165) is 19.3 Å². The summed E-state index contributed by atoms with van der Waals surface area (Å²) in [4.78, 5) is 27.8. The second-order valence-electron chi connectivity index (χ2n) is 6.85. The first-order valence-corrected chi connectivity index (χ1v) is 9.26. The molecule has 2 atom stereocenters. The largest absolute Gasteiger partial charge is 0.481 e. The van der Waals surface area contributed by atoms with E-state index in [0.29, 0.717) is 30.1 Å². The third-order valence-electron chi connectivity index (χ3n) is 4.94. The molecule has 0 unspecified atom stereocenters. The molecule has 7 heteroatoms. The lowest BCUT2D eigenvalue weighted by Crippen LogP contribution is -2.42. The van der Waals surface area contributed by atoms with Crippen LogP contribution >= 0.6 is 0 Å². The van der Waals surface area contributed by atoms with Crippen LogP contribution in [0.5, 0.6) is 0 Å². The van der Waals surface area contributed by atoms with Crippen molar-refractivity contribution in [2.24, 2.45) is 5.92 Å². The SMILES string of the molecule is O=C(CCc1ncc(-c2ccccc2F)o1)N[C@H]1CCCCC[C@H]1C(=O)O. The van der Waals surface area contributed by atoms with Crippen LogP contribution in [0.15, 0.2) is 34.9 Å². The topological polar surface area (TPSA) is 92.4 Å². The maximum Gasteiger partial charge on any atom is 0.308 e. The number of amides is 1. The van der Waals surface area contributed by atoms with Gasteiger partial charge >= 0.3 is 5.97 Å². The van der Waals surface area contributed by atoms with E-state index < -0.39 is 17.7 Å². The summed E-state index contributed by atoms with van der Waals surface area (Å²) in [6.07, 6.45) is 5.90. The first-order chi connectivity index (χ1) is 13.0. The van der Waals surface area contributed by atoms with Gasteiger partial charge in [0.15, 0.2) is 11.7 Å². The van der Waals surface area contributed by atoms with E-state index in [-0.39, 0.29) is 24.8 Å². The van der Waals surface area contributed by atoms with E-state index in [4.69, 9.17) is 4.42 Å². The fourth-order valence-corrected chi connectivity index (χ4v) is 3.49. The number of benzene rings is 1. The molecule has 1 fully saturated rings. The molecule has 1 aromatic heterocycles. The summed E-state index contributed by atoms with van der Waals surface area (Å²) in [5, 5.41) is 12.2. The molecule has 2 aromatic rings. The Morgan fingerprint density at radius 2 is 2.00 bits per heavy atom. The number of hydrogen-bond donors (Lipinski definition) is 2. The lowest BCUT2D eigenvalue weighted by molar-refractivity contribution is -0.143. The zero-order valence-corrected chi connectivity index (χ0v) is 15.0. The average molecular weight is 374 g/mol. The van der Waals surface area contributed by atoms with Gasteiger partial charge in [0.2, 0.25) is 5.91 Å². The van der Waals surface area contributed by atoms with E-state index in [1.54, 1.807) is 18.2 Å². The van der Waals surface area contributed by atoms with Crippen molar-refractivity contribution in [3.63, 3.8) is 0 Å². The minimum Gasteiger partial charge on any atom is -0.481 e. The van der Waals surface area contributed by atoms with Crippen molar-refractivity contribution in [1.29, 1.82) is 0 Å². The normalized spacial score (nSPS) is 20.0. The van der Waals surface area contributed by atoms with Crippen molar-refractivity contribution < 1.29 is 23.5 Å². The number of nitrogens with zero attached hydrogens (tertiary/aromatic N) is 1. The number of oxazole rings is 1. The lowest BCUT2D eigenvalue weighted by atomic mass is 9.94. The number of nitrogens with one attached hydrogen (secondary N) is 1. The van der Waals surface area contributed by atoms with Crippen molar-refractivity contribution >= 4 is 11.9 Å². The van der Waals surface area contributed by atoms with E-state index >= 15 is 0 Å². The number of rotatable bonds is 6. The van der Waals surface area contributed by atoms with Crippen LogP contribution in [0.4, 0.5) is 4.39 Å². The molecule has 0 radical (unpaired) electrons. The van der Waals surface area contributed by atoms with Gasteiger partial charge in [-0.1, -0.05) is 31.4 Å². The van der Waals surface area contributed by atoms with Gasteiger partial charge in [0.1, 0.15) is 5.82 Å². The molecule has 2 N–H and O–H groups in total. The van der Waals surface area contributed by atoms with Gasteiger partial charge in [-0.05, 0) is 25.0 Å². The predicted octanol–water partition coefficient (Wildman–Crippen LogP) is 3.56. The first kappa shape index (κ1) is 19.1. The number of aliphatic carboxylic acids is 1. The number of carboxylic acid groups (broad SMARTS) is 1. The van der Waals surface area contributed by atoms with Crippen molar-refractivity contribution in [1.82, 2.24) is 10.3 Å². The molecule has 0 aliphatic heterocycles. The Morgan fingerprint density at radius 3 is 2.78 bits per heavy atom. The molecule has 0 bridgehead atoms. The van der Waals surface area contributed by atoms with Crippen molar-refractivity contribution in [2.45, 2.75) is 51.0 Å². The lowest BCUT2D eigenvalue weighted by Gasteiger charge is -2.22. The summed E-state index contributed by atoms with van der Waals surface area (Å²) >= 11 is 0. The third-order valence-corrected chi connectivity index (χ3v) is 4.94. The summed E-state index contributed by atoms with van der Waals surface area (Å²) in [6, 6.07) is 5.91. The Kier molecular flexibility index (Phi) is 6.21. The monoisotopic (exact) mass is 374 g/mol. The van der Waals surface area contributed by atoms with Gasteiger partial charge in [0.25, 0.3) is 0 Å². The van der Waals surface area contributed by atoms with E-state index in [1.165, 1.54) is 12.3 Å². The number of hydrogen-bond acceptors (Lipinski definition) is 4. The van der Waals surface area contributed by atoms with Gasteiger partial charge in [-0.3, -0.25) is 9.59 Å². The number of carboxylic acids is 1. The van der Waals surface area contributed by atoms with Gasteiger partial charge in [-0.25, -0.2) is 9.37 Å². The molecule has 1 saturated carbocycles. The third kappa shape index (κ3) is 4.93. The molecule has 0 spiro atoms. The molecule has 1 amide bonds. The fraction of sp³-hybridized carbons (Fsp3) is 0.450. The Bertz CT molecular complexity index is 805. The molecular formula is C20H23FN2O4. The van der Waals surface area contributed by atoms with Crippen molar-refractivity contribution in [3.8, 4) is 11.3 Å². The Hall–Kier alpha value is -2.70. The van der Waals surface area contributed by atoms with Crippen LogP contribution in [-0.2, 0) is 16.0 Å². The van der Waals surface area contributed by atoms with Crippen LogP contribution in [0.25, 0.3) is 11.3 Å². The molecule has 1 aliphatic rings. The average Bonchev–Trinajstić information content (AvgIpc) is 2.99. The Morgan fingerprint density at radius 1 is 1.22 bits per heavy atom. The first-order valence-electron chi connectivity index (χ1n) is 9.26. The van der Waals surface area contributed by atoms with Crippen LogP contribution < -0.4 is 5.32 Å². The zero-order chi connectivity index (χ0) is 19.2. The second-order valence-corrected chi connectivity index (χ2v) is 6.85. The molecule has 1 aliphatic carbocycles. The van der Waals surface area contributed by atoms with E-state index in [1.807, 2.05) is 0 Å². The van der Waals surface area contributed by atoms with Crippen LogP contribution in [0.1, 0.15) is 44.4 Å². The molecule has 27 heavy (non-hydrogen) atoms. The second kappa shape index (κ2) is 8.79. The summed E-state index contributed by atoms with van der Waals surface area (Å²) < 4.78 is 19.3. The van der Waals surface area contributed by atoms with Gasteiger partial charge in [0, 0.05) is 18.9 Å². The minimum absolute atomic E-state index is 0.139. The molecule has 1 aromatic carbocycles. The van der Waals surface area contributed by atoms with Crippen molar-refractivity contribution in [2.75, 3.05) is 0 Å². The summed E-state index contributed by atoms with van der Waals surface area (Å²) in [6.45, 7) is 0. The van der Waals surface area contributed by atoms with E-state index in [2.05, 4.69) is 10.3 Å². The minimum atomic E-state index is -0.857. The van der Waals surface area contributed by atoms with Crippen LogP contribution in [-0.4, -0.2) is 28.0 Å². The number of carbonyl (C=O) groups excluding carboxylic acids is 1. The maximum atomic E-state index is 13.8. The quantitative estimate of drug-likeness (QED) is 0.754. The molecular weight excluding hydrogens is 351 g/mol.